The van der Waals surface area contributed by atoms with Crippen LogP contribution in [0.4, 0.5) is 0 Å². The lowest BCUT2D eigenvalue weighted by molar-refractivity contribution is 0.0983. The van der Waals surface area contributed by atoms with Crippen LogP contribution in [0.3, 0.4) is 0 Å². The molecule has 0 saturated heterocycles. The summed E-state index contributed by atoms with van der Waals surface area (Å²) in [5.41, 5.74) is 2.15. The Kier molecular flexibility index (Phi) is 4.63. The molecule has 4 heteroatoms. The highest BCUT2D eigenvalue weighted by Gasteiger charge is 2.29. The van der Waals surface area contributed by atoms with Gasteiger partial charge in [-0.15, -0.1) is 0 Å². The van der Waals surface area contributed by atoms with Crippen LogP contribution in [0.25, 0.3) is 0 Å². The van der Waals surface area contributed by atoms with E-state index in [-0.39, 0.29) is 22.2 Å². The van der Waals surface area contributed by atoms with Crippen molar-refractivity contribution in [3.8, 4) is 0 Å². The summed E-state index contributed by atoms with van der Waals surface area (Å²) in [5.74, 6) is -0.531. The average Bonchev–Trinajstić information content (AvgIpc) is 2.60. The smallest absolute Gasteiger partial charge is 0.205 e. The number of carbonyl (C=O) groups excluding carboxylic acids is 2. The molecule has 2 aromatic carbocycles. The molecule has 0 atom stereocenters. The van der Waals surface area contributed by atoms with Crippen LogP contribution in [0.15, 0.2) is 77.5 Å². The SMILES string of the molecule is CN(/C=C/C1=C(Cl)C(=O)c2ccccc2C1=O)Cc1ccccc1. The first kappa shape index (κ1) is 16.2. The van der Waals surface area contributed by atoms with Crippen molar-refractivity contribution < 1.29 is 9.59 Å². The lowest BCUT2D eigenvalue weighted by Crippen LogP contribution is -2.19. The molecule has 120 valence electrons. The molecular weight excluding hydrogens is 322 g/mol. The van der Waals surface area contributed by atoms with Gasteiger partial charge in [0.15, 0.2) is 5.78 Å². The van der Waals surface area contributed by atoms with Crippen molar-refractivity contribution >= 4 is 23.2 Å². The molecule has 0 unspecified atom stereocenters. The van der Waals surface area contributed by atoms with E-state index in [1.165, 1.54) is 0 Å². The van der Waals surface area contributed by atoms with Crippen molar-refractivity contribution in [2.24, 2.45) is 0 Å². The van der Waals surface area contributed by atoms with Crippen LogP contribution in [-0.2, 0) is 6.54 Å². The second-order valence-electron chi connectivity index (χ2n) is 5.65. The van der Waals surface area contributed by atoms with Gasteiger partial charge in [0, 0.05) is 30.3 Å². The molecule has 0 amide bonds. The van der Waals surface area contributed by atoms with E-state index < -0.39 is 0 Å². The number of fused-ring (bicyclic) bond motifs is 1. The molecule has 0 aliphatic heterocycles. The first-order chi connectivity index (χ1) is 11.6. The van der Waals surface area contributed by atoms with Crippen molar-refractivity contribution in [3.05, 3.63) is 94.2 Å². The van der Waals surface area contributed by atoms with Crippen LogP contribution in [0.2, 0.25) is 0 Å². The Morgan fingerprint density at radius 2 is 1.50 bits per heavy atom. The van der Waals surface area contributed by atoms with Crippen molar-refractivity contribution in [3.63, 3.8) is 0 Å². The van der Waals surface area contributed by atoms with E-state index in [4.69, 9.17) is 11.6 Å². The quantitative estimate of drug-likeness (QED) is 0.839. The molecule has 0 N–H and O–H groups in total. The number of hydrogen-bond donors (Lipinski definition) is 0. The van der Waals surface area contributed by atoms with Gasteiger partial charge >= 0.3 is 0 Å². The molecule has 3 nitrogen and oxygen atoms in total. The van der Waals surface area contributed by atoms with Gasteiger partial charge in [-0.25, -0.2) is 0 Å². The fourth-order valence-corrected chi connectivity index (χ4v) is 2.89. The summed E-state index contributed by atoms with van der Waals surface area (Å²) in [7, 11) is 1.90. The van der Waals surface area contributed by atoms with Crippen molar-refractivity contribution in [1.29, 1.82) is 0 Å². The molecule has 1 aliphatic rings. The minimum Gasteiger partial charge on any atom is -0.376 e. The highest BCUT2D eigenvalue weighted by Crippen LogP contribution is 2.29. The Hall–Kier alpha value is -2.65. The van der Waals surface area contributed by atoms with Crippen molar-refractivity contribution in [1.82, 2.24) is 4.90 Å². The van der Waals surface area contributed by atoms with Crippen LogP contribution in [0, 0.1) is 0 Å². The minimum absolute atomic E-state index is 0.0249. The average molecular weight is 338 g/mol. The second-order valence-corrected chi connectivity index (χ2v) is 6.03. The fraction of sp³-hybridized carbons (Fsp3) is 0.100. The highest BCUT2D eigenvalue weighted by atomic mass is 35.5. The molecule has 0 fully saturated rings. The Morgan fingerprint density at radius 3 is 2.17 bits per heavy atom. The predicted octanol–water partition coefficient (Wildman–Crippen LogP) is 4.20. The van der Waals surface area contributed by atoms with Gasteiger partial charge in [-0.2, -0.15) is 0 Å². The molecular formula is C20H16ClNO2. The number of ketones is 2. The molecule has 2 aromatic rings. The monoisotopic (exact) mass is 337 g/mol. The van der Waals surface area contributed by atoms with Crippen LogP contribution in [-0.4, -0.2) is 23.5 Å². The largest absolute Gasteiger partial charge is 0.376 e. The van der Waals surface area contributed by atoms with Gasteiger partial charge in [-0.1, -0.05) is 66.2 Å². The van der Waals surface area contributed by atoms with E-state index in [1.54, 1.807) is 36.5 Å². The predicted molar refractivity (Wildman–Crippen MR) is 95.0 cm³/mol. The summed E-state index contributed by atoms with van der Waals surface area (Å²) in [4.78, 5) is 26.8. The van der Waals surface area contributed by atoms with Gasteiger partial charge in [0.25, 0.3) is 0 Å². The minimum atomic E-state index is -0.308. The third kappa shape index (κ3) is 3.17. The summed E-state index contributed by atoms with van der Waals surface area (Å²) in [6, 6.07) is 16.7. The van der Waals surface area contributed by atoms with Crippen molar-refractivity contribution in [2.75, 3.05) is 7.05 Å². The van der Waals surface area contributed by atoms with Gasteiger partial charge in [0.1, 0.15) is 0 Å². The lowest BCUT2D eigenvalue weighted by atomic mass is 9.89. The zero-order valence-electron chi connectivity index (χ0n) is 13.2. The maximum Gasteiger partial charge on any atom is 0.205 e. The van der Waals surface area contributed by atoms with Crippen LogP contribution >= 0.6 is 11.6 Å². The van der Waals surface area contributed by atoms with E-state index in [0.717, 1.165) is 5.56 Å². The number of Topliss-reactive ketones (excluding diaryl/α,β-unsaturated/α-hetero) is 2. The van der Waals surface area contributed by atoms with Gasteiger partial charge < -0.3 is 4.90 Å². The maximum absolute atomic E-state index is 12.6. The number of hydrogen-bond acceptors (Lipinski definition) is 3. The third-order valence-electron chi connectivity index (χ3n) is 3.87. The van der Waals surface area contributed by atoms with Crippen LogP contribution in [0.5, 0.6) is 0 Å². The fourth-order valence-electron chi connectivity index (χ4n) is 2.64. The Bertz CT molecular complexity index is 853. The van der Waals surface area contributed by atoms with Gasteiger partial charge in [0.2, 0.25) is 5.78 Å². The summed E-state index contributed by atoms with van der Waals surface area (Å²) < 4.78 is 0. The van der Waals surface area contributed by atoms with Gasteiger partial charge in [-0.3, -0.25) is 9.59 Å². The van der Waals surface area contributed by atoms with Gasteiger partial charge in [0.05, 0.1) is 5.03 Å². The number of nitrogens with zero attached hydrogens (tertiary/aromatic N) is 1. The number of halogens is 1. The van der Waals surface area contributed by atoms with E-state index in [1.807, 2.05) is 42.3 Å². The maximum atomic E-state index is 12.6. The summed E-state index contributed by atoms with van der Waals surface area (Å²) >= 11 is 6.14. The molecule has 0 saturated carbocycles. The second kappa shape index (κ2) is 6.85. The Balaban J connectivity index is 1.83. The molecule has 0 heterocycles. The zero-order chi connectivity index (χ0) is 17.1. The summed E-state index contributed by atoms with van der Waals surface area (Å²) in [6.45, 7) is 0.695. The van der Waals surface area contributed by atoms with Gasteiger partial charge in [-0.05, 0) is 17.8 Å². The topological polar surface area (TPSA) is 37.4 Å². The first-order valence-electron chi connectivity index (χ1n) is 7.58. The lowest BCUT2D eigenvalue weighted by Gasteiger charge is -2.17. The molecule has 0 spiro atoms. The first-order valence-corrected chi connectivity index (χ1v) is 7.96. The molecule has 1 aliphatic carbocycles. The molecule has 0 radical (unpaired) electrons. The van der Waals surface area contributed by atoms with Crippen molar-refractivity contribution in [2.45, 2.75) is 6.54 Å². The van der Waals surface area contributed by atoms with E-state index in [9.17, 15) is 9.59 Å². The number of allylic oxidation sites excluding steroid dienone is 3. The summed E-state index contributed by atoms with van der Waals surface area (Å²) in [6.07, 6.45) is 3.38. The Labute approximate surface area is 145 Å². The van der Waals surface area contributed by atoms with E-state index >= 15 is 0 Å². The van der Waals surface area contributed by atoms with Crippen LogP contribution < -0.4 is 0 Å². The molecule has 0 aromatic heterocycles. The molecule has 24 heavy (non-hydrogen) atoms. The van der Waals surface area contributed by atoms with E-state index in [2.05, 4.69) is 0 Å². The zero-order valence-corrected chi connectivity index (χ0v) is 14.0. The number of benzene rings is 2. The summed E-state index contributed by atoms with van der Waals surface area (Å²) in [5, 5.41) is -0.0249. The number of carbonyl (C=O) groups is 2. The molecule has 3 rings (SSSR count). The third-order valence-corrected chi connectivity index (χ3v) is 4.24. The number of rotatable bonds is 4. The van der Waals surface area contributed by atoms with E-state index in [0.29, 0.717) is 17.7 Å². The Morgan fingerprint density at radius 1 is 0.917 bits per heavy atom. The highest BCUT2D eigenvalue weighted by molar-refractivity contribution is 6.50. The normalized spacial score (nSPS) is 14.2. The molecule has 0 bridgehead atoms. The van der Waals surface area contributed by atoms with Crippen LogP contribution in [0.1, 0.15) is 26.3 Å². The standard InChI is InChI=1S/C20H16ClNO2/c1-22(13-14-7-3-2-4-8-14)12-11-17-18(21)20(24)16-10-6-5-9-15(16)19(17)23/h2-12H,13H2,1H3/b12-11+.